The van der Waals surface area contributed by atoms with E-state index in [0.717, 1.165) is 0 Å². The van der Waals surface area contributed by atoms with Gasteiger partial charge in [-0.2, -0.15) is 0 Å². The maximum atomic E-state index is 11.6. The highest BCUT2D eigenvalue weighted by molar-refractivity contribution is 7.92. The first-order chi connectivity index (χ1) is 6.91. The standard InChI is InChI=1S/C9H13ClN2O2S/c1-7(2)6-15(13,14)12-9-5-11-4-3-8(9)10/h3-5,7,12H,6H2,1-2H3. The van der Waals surface area contributed by atoms with Gasteiger partial charge in [0.05, 0.1) is 22.7 Å². The van der Waals surface area contributed by atoms with Crippen LogP contribution in [0.4, 0.5) is 5.69 Å². The summed E-state index contributed by atoms with van der Waals surface area (Å²) in [5.74, 6) is 0.135. The number of nitrogens with one attached hydrogen (secondary N) is 1. The van der Waals surface area contributed by atoms with Crippen LogP contribution in [0.25, 0.3) is 0 Å². The van der Waals surface area contributed by atoms with Crippen molar-refractivity contribution >= 4 is 27.3 Å². The lowest BCUT2D eigenvalue weighted by Gasteiger charge is -2.10. The van der Waals surface area contributed by atoms with E-state index in [9.17, 15) is 8.42 Å². The van der Waals surface area contributed by atoms with E-state index in [-0.39, 0.29) is 11.7 Å². The zero-order chi connectivity index (χ0) is 11.5. The van der Waals surface area contributed by atoms with Crippen molar-refractivity contribution in [3.8, 4) is 0 Å². The Morgan fingerprint density at radius 3 is 2.73 bits per heavy atom. The molecule has 84 valence electrons. The van der Waals surface area contributed by atoms with Crippen molar-refractivity contribution in [3.05, 3.63) is 23.5 Å². The molecule has 0 atom stereocenters. The number of hydrogen-bond donors (Lipinski definition) is 1. The van der Waals surface area contributed by atoms with Crippen LogP contribution in [-0.2, 0) is 10.0 Å². The molecule has 1 aromatic rings. The fourth-order valence-corrected chi connectivity index (χ4v) is 2.77. The minimum atomic E-state index is -3.33. The average Bonchev–Trinajstić information content (AvgIpc) is 2.06. The SMILES string of the molecule is CC(C)CS(=O)(=O)Nc1cnccc1Cl. The van der Waals surface area contributed by atoms with Gasteiger partial charge in [0, 0.05) is 6.20 Å². The van der Waals surface area contributed by atoms with Crippen LogP contribution in [0.2, 0.25) is 5.02 Å². The topological polar surface area (TPSA) is 59.1 Å². The first kappa shape index (κ1) is 12.3. The Labute approximate surface area is 94.7 Å². The Morgan fingerprint density at radius 1 is 1.53 bits per heavy atom. The van der Waals surface area contributed by atoms with Crippen LogP contribution in [0, 0.1) is 5.92 Å². The van der Waals surface area contributed by atoms with Crippen molar-refractivity contribution in [2.24, 2.45) is 5.92 Å². The van der Waals surface area contributed by atoms with E-state index in [1.165, 1.54) is 18.5 Å². The first-order valence-corrected chi connectivity index (χ1v) is 6.54. The zero-order valence-electron chi connectivity index (χ0n) is 8.57. The Hall–Kier alpha value is -0.810. The van der Waals surface area contributed by atoms with Gasteiger partial charge in [0.2, 0.25) is 10.0 Å². The number of nitrogens with zero attached hydrogens (tertiary/aromatic N) is 1. The Balaban J connectivity index is 2.83. The summed E-state index contributed by atoms with van der Waals surface area (Å²) in [5.41, 5.74) is 0.319. The van der Waals surface area contributed by atoms with Crippen molar-refractivity contribution in [3.63, 3.8) is 0 Å². The molecular formula is C9H13ClN2O2S. The highest BCUT2D eigenvalue weighted by atomic mass is 35.5. The van der Waals surface area contributed by atoms with E-state index < -0.39 is 10.0 Å². The molecule has 0 aliphatic rings. The monoisotopic (exact) mass is 248 g/mol. The molecule has 0 saturated heterocycles. The second-order valence-corrected chi connectivity index (χ2v) is 5.81. The third-order valence-corrected chi connectivity index (χ3v) is 3.55. The molecule has 0 fully saturated rings. The molecule has 0 aliphatic carbocycles. The van der Waals surface area contributed by atoms with E-state index in [4.69, 9.17) is 11.6 Å². The summed E-state index contributed by atoms with van der Waals surface area (Å²) in [5, 5.41) is 0.345. The van der Waals surface area contributed by atoms with Gasteiger partial charge in [-0.25, -0.2) is 8.42 Å². The van der Waals surface area contributed by atoms with Gasteiger partial charge >= 0.3 is 0 Å². The van der Waals surface area contributed by atoms with Gasteiger partial charge in [0.15, 0.2) is 0 Å². The fraction of sp³-hybridized carbons (Fsp3) is 0.444. The number of anilines is 1. The molecule has 0 unspecified atom stereocenters. The zero-order valence-corrected chi connectivity index (χ0v) is 10.1. The van der Waals surface area contributed by atoms with Crippen LogP contribution in [0.15, 0.2) is 18.5 Å². The third-order valence-electron chi connectivity index (χ3n) is 1.59. The Bertz CT molecular complexity index is 431. The minimum absolute atomic E-state index is 0.0675. The number of sulfonamides is 1. The number of aromatic nitrogens is 1. The summed E-state index contributed by atoms with van der Waals surface area (Å²) in [6.07, 6.45) is 2.89. The number of rotatable bonds is 4. The van der Waals surface area contributed by atoms with Crippen molar-refractivity contribution < 1.29 is 8.42 Å². The number of pyridine rings is 1. The van der Waals surface area contributed by atoms with Gasteiger partial charge in [0.25, 0.3) is 0 Å². The normalized spacial score (nSPS) is 11.7. The first-order valence-electron chi connectivity index (χ1n) is 4.51. The fourth-order valence-electron chi connectivity index (χ4n) is 1.10. The molecule has 1 aromatic heterocycles. The molecule has 1 rings (SSSR count). The van der Waals surface area contributed by atoms with Gasteiger partial charge in [-0.05, 0) is 12.0 Å². The van der Waals surface area contributed by atoms with E-state index >= 15 is 0 Å². The molecule has 6 heteroatoms. The number of hydrogen-bond acceptors (Lipinski definition) is 3. The molecule has 0 spiro atoms. The van der Waals surface area contributed by atoms with Crippen LogP contribution < -0.4 is 4.72 Å². The summed E-state index contributed by atoms with van der Waals surface area (Å²) >= 11 is 5.80. The van der Waals surface area contributed by atoms with E-state index in [1.807, 2.05) is 13.8 Å². The highest BCUT2D eigenvalue weighted by Gasteiger charge is 2.14. The molecule has 0 bridgehead atoms. The summed E-state index contributed by atoms with van der Waals surface area (Å²) in [6, 6.07) is 1.54. The molecular weight excluding hydrogens is 236 g/mol. The predicted octanol–water partition coefficient (Wildman–Crippen LogP) is 2.13. The van der Waals surface area contributed by atoms with Crippen LogP contribution >= 0.6 is 11.6 Å². The molecule has 0 saturated carbocycles. The predicted molar refractivity (Wildman–Crippen MR) is 61.5 cm³/mol. The Morgan fingerprint density at radius 2 is 2.20 bits per heavy atom. The van der Waals surface area contributed by atoms with E-state index in [0.29, 0.717) is 10.7 Å². The van der Waals surface area contributed by atoms with Crippen molar-refractivity contribution in [2.45, 2.75) is 13.8 Å². The van der Waals surface area contributed by atoms with Crippen LogP contribution in [0.1, 0.15) is 13.8 Å². The largest absolute Gasteiger partial charge is 0.280 e. The second kappa shape index (κ2) is 4.81. The van der Waals surface area contributed by atoms with Crippen LogP contribution in [0.5, 0.6) is 0 Å². The molecule has 1 N–H and O–H groups in total. The summed E-state index contributed by atoms with van der Waals surface area (Å²) < 4.78 is 25.5. The second-order valence-electron chi connectivity index (χ2n) is 3.63. The molecule has 0 radical (unpaired) electrons. The third kappa shape index (κ3) is 4.05. The van der Waals surface area contributed by atoms with E-state index in [2.05, 4.69) is 9.71 Å². The van der Waals surface area contributed by atoms with Crippen molar-refractivity contribution in [1.29, 1.82) is 0 Å². The summed E-state index contributed by atoms with van der Waals surface area (Å²) in [4.78, 5) is 3.80. The van der Waals surface area contributed by atoms with Gasteiger partial charge in [-0.15, -0.1) is 0 Å². The van der Waals surface area contributed by atoms with Crippen LogP contribution in [0.3, 0.4) is 0 Å². The minimum Gasteiger partial charge on any atom is -0.280 e. The summed E-state index contributed by atoms with van der Waals surface area (Å²) in [7, 11) is -3.33. The quantitative estimate of drug-likeness (QED) is 0.888. The van der Waals surface area contributed by atoms with Gasteiger partial charge in [-0.3, -0.25) is 9.71 Å². The van der Waals surface area contributed by atoms with Crippen molar-refractivity contribution in [2.75, 3.05) is 10.5 Å². The lowest BCUT2D eigenvalue weighted by atomic mass is 10.3. The highest BCUT2D eigenvalue weighted by Crippen LogP contribution is 2.20. The smallest absolute Gasteiger partial charge is 0.233 e. The molecule has 0 aromatic carbocycles. The molecule has 4 nitrogen and oxygen atoms in total. The number of halogens is 1. The summed E-state index contributed by atoms with van der Waals surface area (Å²) in [6.45, 7) is 3.67. The van der Waals surface area contributed by atoms with Crippen LogP contribution in [-0.4, -0.2) is 19.2 Å². The van der Waals surface area contributed by atoms with Gasteiger partial charge < -0.3 is 0 Å². The lowest BCUT2D eigenvalue weighted by Crippen LogP contribution is -2.20. The lowest BCUT2D eigenvalue weighted by molar-refractivity contribution is 0.587. The molecule has 0 aliphatic heterocycles. The average molecular weight is 249 g/mol. The van der Waals surface area contributed by atoms with E-state index in [1.54, 1.807) is 0 Å². The Kier molecular flexibility index (Phi) is 3.93. The van der Waals surface area contributed by atoms with Crippen molar-refractivity contribution in [1.82, 2.24) is 4.98 Å². The van der Waals surface area contributed by atoms with Gasteiger partial charge in [-0.1, -0.05) is 25.4 Å². The maximum Gasteiger partial charge on any atom is 0.233 e. The van der Waals surface area contributed by atoms with Gasteiger partial charge in [0.1, 0.15) is 0 Å². The molecule has 0 amide bonds. The molecule has 1 heterocycles. The maximum absolute atomic E-state index is 11.6. The molecule has 15 heavy (non-hydrogen) atoms.